The van der Waals surface area contributed by atoms with Gasteiger partial charge in [-0.1, -0.05) is 0 Å². The molecule has 0 aromatic heterocycles. The molecule has 12 heteroatoms. The summed E-state index contributed by atoms with van der Waals surface area (Å²) < 4.78 is 36.6. The van der Waals surface area contributed by atoms with Gasteiger partial charge < -0.3 is 20.3 Å². The predicted octanol–water partition coefficient (Wildman–Crippen LogP) is -0.276. The topological polar surface area (TPSA) is 133 Å². The van der Waals surface area contributed by atoms with Gasteiger partial charge >= 0.3 is 24.1 Å². The van der Waals surface area contributed by atoms with Crippen LogP contribution in [0.3, 0.4) is 0 Å². The maximum Gasteiger partial charge on any atom is 0.490 e. The number of ether oxygens (including phenoxy) is 1. The van der Waals surface area contributed by atoms with Crippen LogP contribution in [0.25, 0.3) is 0 Å². The fraction of sp³-hybridized carbons (Fsp3) is 0.571. The number of aliphatic carboxylic acids is 2. The van der Waals surface area contributed by atoms with Gasteiger partial charge in [0.25, 0.3) is 0 Å². The van der Waals surface area contributed by atoms with Crippen molar-refractivity contribution in [2.75, 3.05) is 13.2 Å². The summed E-state index contributed by atoms with van der Waals surface area (Å²) in [7, 11) is 0. The van der Waals surface area contributed by atoms with E-state index in [2.05, 4.69) is 5.32 Å². The molecule has 0 aromatic rings. The number of carbonyl (C=O) groups is 4. The van der Waals surface area contributed by atoms with Crippen LogP contribution in [0.2, 0.25) is 0 Å². The van der Waals surface area contributed by atoms with Crippen LogP contribution in [0.1, 0.15) is 13.3 Å². The molecule has 3 rings (SSSR count). The first-order valence-corrected chi connectivity index (χ1v) is 7.40. The molecule has 3 heterocycles. The number of β-lactam (4-membered cyclic amide) rings is 1. The minimum Gasteiger partial charge on any atom is -0.477 e. The van der Waals surface area contributed by atoms with Gasteiger partial charge in [0.2, 0.25) is 5.91 Å². The van der Waals surface area contributed by atoms with Crippen LogP contribution in [0.4, 0.5) is 13.2 Å². The average molecular weight is 380 g/mol. The smallest absolute Gasteiger partial charge is 0.477 e. The number of carbonyl (C=O) groups excluding carboxylic acids is 2. The van der Waals surface area contributed by atoms with Crippen LogP contribution in [0.15, 0.2) is 11.3 Å². The minimum absolute atomic E-state index is 0.00699. The molecular weight excluding hydrogens is 365 g/mol. The summed E-state index contributed by atoms with van der Waals surface area (Å²) in [4.78, 5) is 44.4. The third-order valence-corrected chi connectivity index (χ3v) is 4.21. The second-order valence-electron chi connectivity index (χ2n) is 5.89. The van der Waals surface area contributed by atoms with E-state index in [0.717, 1.165) is 0 Å². The summed E-state index contributed by atoms with van der Waals surface area (Å²) in [6.07, 6.45) is -4.53. The van der Waals surface area contributed by atoms with Crippen LogP contribution in [-0.2, 0) is 23.9 Å². The largest absolute Gasteiger partial charge is 0.490 e. The summed E-state index contributed by atoms with van der Waals surface area (Å²) in [6, 6.07) is -0.297. The molecule has 0 bridgehead atoms. The number of carboxylic acids is 2. The number of nitrogens with zero attached hydrogens (tertiary/aromatic N) is 1. The first-order chi connectivity index (χ1) is 11.9. The number of esters is 1. The summed E-state index contributed by atoms with van der Waals surface area (Å²) in [5.74, 6) is -4.36. The van der Waals surface area contributed by atoms with Crippen molar-refractivity contribution in [2.45, 2.75) is 31.6 Å². The highest BCUT2D eigenvalue weighted by Crippen LogP contribution is 2.43. The lowest BCUT2D eigenvalue weighted by molar-refractivity contribution is -0.192. The Morgan fingerprint density at radius 1 is 1.31 bits per heavy atom. The monoisotopic (exact) mass is 380 g/mol. The first kappa shape index (κ1) is 19.7. The Morgan fingerprint density at radius 2 is 1.88 bits per heavy atom. The average Bonchev–Trinajstić information content (AvgIpc) is 2.91. The van der Waals surface area contributed by atoms with Crippen LogP contribution in [0.5, 0.6) is 0 Å². The van der Waals surface area contributed by atoms with Gasteiger partial charge in [0.15, 0.2) is 0 Å². The number of nitrogens with one attached hydrogen (secondary N) is 1. The molecule has 0 saturated carbocycles. The molecule has 3 aliphatic rings. The number of carboxylic acid groups (broad SMARTS) is 2. The molecule has 0 spiro atoms. The minimum atomic E-state index is -5.08. The summed E-state index contributed by atoms with van der Waals surface area (Å²) in [5, 5.41) is 19.5. The maximum atomic E-state index is 11.9. The number of amides is 1. The molecule has 0 radical (unpaired) electrons. The zero-order valence-corrected chi connectivity index (χ0v) is 13.4. The Kier molecular flexibility index (Phi) is 5.26. The third-order valence-electron chi connectivity index (χ3n) is 4.21. The lowest BCUT2D eigenvalue weighted by Gasteiger charge is -2.48. The lowest BCUT2D eigenvalue weighted by Crippen LogP contribution is -2.68. The Morgan fingerprint density at radius 3 is 2.35 bits per heavy atom. The highest BCUT2D eigenvalue weighted by molar-refractivity contribution is 6.00. The fourth-order valence-corrected chi connectivity index (χ4v) is 3.21. The van der Waals surface area contributed by atoms with E-state index in [9.17, 15) is 32.7 Å². The molecule has 144 valence electrons. The fourth-order valence-electron chi connectivity index (χ4n) is 3.21. The SMILES string of the molecule is CC(=O)OCC1=C(C(=O)O)N2C(=O)[C@H]3NC[C@@H](C1)[C@H]32.O=C(O)C(F)(F)F. The van der Waals surface area contributed by atoms with Crippen molar-refractivity contribution in [2.24, 2.45) is 5.92 Å². The van der Waals surface area contributed by atoms with Crippen LogP contribution < -0.4 is 5.32 Å². The third kappa shape index (κ3) is 3.64. The van der Waals surface area contributed by atoms with Gasteiger partial charge in [-0.15, -0.1) is 0 Å². The van der Waals surface area contributed by atoms with Gasteiger partial charge in [0.05, 0.1) is 6.04 Å². The van der Waals surface area contributed by atoms with Crippen LogP contribution >= 0.6 is 0 Å². The van der Waals surface area contributed by atoms with Gasteiger partial charge in [0, 0.05) is 13.5 Å². The quantitative estimate of drug-likeness (QED) is 0.450. The second-order valence-corrected chi connectivity index (χ2v) is 5.89. The number of rotatable bonds is 3. The molecular formula is C14H15F3N2O7. The molecule has 2 fully saturated rings. The van der Waals surface area contributed by atoms with E-state index >= 15 is 0 Å². The Labute approximate surface area is 144 Å². The zero-order chi connectivity index (χ0) is 19.8. The molecule has 0 aromatic carbocycles. The summed E-state index contributed by atoms with van der Waals surface area (Å²) in [5.41, 5.74) is 0.506. The predicted molar refractivity (Wildman–Crippen MR) is 75.5 cm³/mol. The molecule has 1 amide bonds. The van der Waals surface area contributed by atoms with E-state index in [1.165, 1.54) is 11.8 Å². The van der Waals surface area contributed by atoms with E-state index in [-0.39, 0.29) is 36.2 Å². The van der Waals surface area contributed by atoms with Crippen molar-refractivity contribution < 1.29 is 47.3 Å². The highest BCUT2D eigenvalue weighted by atomic mass is 19.4. The first-order valence-electron chi connectivity index (χ1n) is 7.40. The highest BCUT2D eigenvalue weighted by Gasteiger charge is 2.59. The van der Waals surface area contributed by atoms with E-state index in [4.69, 9.17) is 14.6 Å². The zero-order valence-electron chi connectivity index (χ0n) is 13.4. The number of halogens is 3. The van der Waals surface area contributed by atoms with Crippen molar-refractivity contribution in [1.82, 2.24) is 10.2 Å². The van der Waals surface area contributed by atoms with Crippen molar-refractivity contribution in [3.05, 3.63) is 11.3 Å². The summed E-state index contributed by atoms with van der Waals surface area (Å²) >= 11 is 0. The van der Waals surface area contributed by atoms with Gasteiger partial charge in [-0.2, -0.15) is 13.2 Å². The van der Waals surface area contributed by atoms with Crippen LogP contribution in [0, 0.1) is 5.92 Å². The van der Waals surface area contributed by atoms with Crippen molar-refractivity contribution in [1.29, 1.82) is 0 Å². The van der Waals surface area contributed by atoms with E-state index in [1.807, 2.05) is 0 Å². The van der Waals surface area contributed by atoms with Crippen LogP contribution in [-0.4, -0.2) is 70.3 Å². The Hall–Kier alpha value is -2.63. The molecule has 3 aliphatic heterocycles. The second kappa shape index (κ2) is 6.94. The standard InChI is InChI=1S/C12H14N2O5.C2HF3O2/c1-5(15)19-4-7-2-6-3-13-8-9(6)14(11(8)16)10(7)12(17)18;3-2(4,5)1(6)7/h6,8-9,13H,2-4H2,1H3,(H,17,18);(H,6,7)/t6-,8+,9-;/m1./s1. The Bertz CT molecular complexity index is 689. The van der Waals surface area contributed by atoms with E-state index in [1.54, 1.807) is 0 Å². The summed E-state index contributed by atoms with van der Waals surface area (Å²) in [6.45, 7) is 1.90. The molecule has 3 atom stereocenters. The number of alkyl halides is 3. The molecule has 26 heavy (non-hydrogen) atoms. The maximum absolute atomic E-state index is 11.9. The normalized spacial score (nSPS) is 26.4. The van der Waals surface area contributed by atoms with Crippen molar-refractivity contribution >= 4 is 23.8 Å². The molecule has 0 unspecified atom stereocenters. The van der Waals surface area contributed by atoms with E-state index < -0.39 is 24.1 Å². The number of hydrogen-bond donors (Lipinski definition) is 3. The molecule has 9 nitrogen and oxygen atoms in total. The molecule has 2 saturated heterocycles. The van der Waals surface area contributed by atoms with Crippen molar-refractivity contribution in [3.63, 3.8) is 0 Å². The number of hydrogen-bond acceptors (Lipinski definition) is 6. The molecule has 0 aliphatic carbocycles. The van der Waals surface area contributed by atoms with Gasteiger partial charge in [-0.3, -0.25) is 14.5 Å². The van der Waals surface area contributed by atoms with Gasteiger partial charge in [-0.25, -0.2) is 9.59 Å². The van der Waals surface area contributed by atoms with E-state index in [0.29, 0.717) is 18.5 Å². The van der Waals surface area contributed by atoms with Crippen molar-refractivity contribution in [3.8, 4) is 0 Å². The van der Waals surface area contributed by atoms with Gasteiger partial charge in [0.1, 0.15) is 18.3 Å². The van der Waals surface area contributed by atoms with Gasteiger partial charge in [-0.05, 0) is 17.9 Å². The molecule has 3 N–H and O–H groups in total. The lowest BCUT2D eigenvalue weighted by atomic mass is 9.79. The Balaban J connectivity index is 0.000000298.